The summed E-state index contributed by atoms with van der Waals surface area (Å²) in [4.78, 5) is 20.5. The Labute approximate surface area is 124 Å². The molecule has 2 aromatic carbocycles. The van der Waals surface area contributed by atoms with Gasteiger partial charge in [-0.2, -0.15) is 5.26 Å². The molecule has 0 aliphatic rings. The van der Waals surface area contributed by atoms with Crippen LogP contribution in [0.25, 0.3) is 0 Å². The van der Waals surface area contributed by atoms with Gasteiger partial charge in [0.15, 0.2) is 0 Å². The van der Waals surface area contributed by atoms with Crippen molar-refractivity contribution in [1.82, 2.24) is 0 Å². The first kappa shape index (κ1) is 14.9. The van der Waals surface area contributed by atoms with Crippen molar-refractivity contribution in [3.05, 3.63) is 73.8 Å². The monoisotopic (exact) mass is 298 g/mol. The van der Waals surface area contributed by atoms with Gasteiger partial charge in [-0.3, -0.25) is 20.2 Å². The van der Waals surface area contributed by atoms with Gasteiger partial charge < -0.3 is 5.32 Å². The van der Waals surface area contributed by atoms with Crippen molar-refractivity contribution in [1.29, 1.82) is 5.26 Å². The van der Waals surface area contributed by atoms with Crippen LogP contribution in [0, 0.1) is 31.6 Å². The number of nitrogens with one attached hydrogen (secondary N) is 1. The van der Waals surface area contributed by atoms with Crippen molar-refractivity contribution in [3.8, 4) is 6.07 Å². The summed E-state index contributed by atoms with van der Waals surface area (Å²) in [6, 6.07) is 11.8. The molecular formula is C14H10N4O4. The molecule has 2 aromatic rings. The fraction of sp³-hybridized carbons (Fsp3) is 0.0714. The van der Waals surface area contributed by atoms with Crippen LogP contribution in [-0.4, -0.2) is 9.85 Å². The van der Waals surface area contributed by atoms with Crippen molar-refractivity contribution < 1.29 is 9.85 Å². The largest absolute Gasteiger partial charge is 0.375 e. The highest BCUT2D eigenvalue weighted by molar-refractivity contribution is 5.64. The minimum absolute atomic E-state index is 0.0203. The summed E-state index contributed by atoms with van der Waals surface area (Å²) in [6.07, 6.45) is 0. The number of hydrogen-bond donors (Lipinski definition) is 1. The molecule has 8 heteroatoms. The number of nitrogens with zero attached hydrogens (tertiary/aromatic N) is 3. The van der Waals surface area contributed by atoms with Gasteiger partial charge in [-0.05, 0) is 17.7 Å². The predicted molar refractivity (Wildman–Crippen MR) is 78.2 cm³/mol. The number of hydrogen-bond acceptors (Lipinski definition) is 6. The summed E-state index contributed by atoms with van der Waals surface area (Å²) in [5, 5.41) is 33.2. The highest BCUT2D eigenvalue weighted by atomic mass is 16.6. The van der Waals surface area contributed by atoms with Crippen molar-refractivity contribution in [2.75, 3.05) is 5.32 Å². The zero-order valence-electron chi connectivity index (χ0n) is 11.2. The van der Waals surface area contributed by atoms with Crippen molar-refractivity contribution in [2.24, 2.45) is 0 Å². The number of benzene rings is 2. The lowest BCUT2D eigenvalue weighted by Crippen LogP contribution is -2.03. The summed E-state index contributed by atoms with van der Waals surface area (Å²) in [5.41, 5.74) is 1.01. The second-order valence-corrected chi connectivity index (χ2v) is 4.38. The maximum Gasteiger partial charge on any atom is 0.293 e. The Bertz CT molecular complexity index is 765. The minimum atomic E-state index is -0.570. The highest BCUT2D eigenvalue weighted by Crippen LogP contribution is 2.26. The van der Waals surface area contributed by atoms with Gasteiger partial charge in [0.25, 0.3) is 11.4 Å². The van der Waals surface area contributed by atoms with E-state index in [1.54, 1.807) is 12.1 Å². The van der Waals surface area contributed by atoms with Crippen LogP contribution in [0.3, 0.4) is 0 Å². The van der Waals surface area contributed by atoms with E-state index in [1.165, 1.54) is 30.3 Å². The molecule has 2 rings (SSSR count). The Balaban J connectivity index is 2.16. The van der Waals surface area contributed by atoms with Gasteiger partial charge in [0.2, 0.25) is 0 Å². The lowest BCUT2D eigenvalue weighted by Gasteiger charge is -2.07. The third kappa shape index (κ3) is 3.34. The standard InChI is InChI=1S/C14H10N4O4/c15-8-11-3-6-13(14(7-11)18(21)22)16-9-10-1-4-12(5-2-10)17(19)20/h1-7,16H,9H2. The average Bonchev–Trinajstić information content (AvgIpc) is 2.53. The minimum Gasteiger partial charge on any atom is -0.375 e. The molecule has 0 bridgehead atoms. The Morgan fingerprint density at radius 3 is 2.27 bits per heavy atom. The van der Waals surface area contributed by atoms with Crippen LogP contribution in [-0.2, 0) is 6.54 Å². The van der Waals surface area contributed by atoms with Crippen molar-refractivity contribution in [2.45, 2.75) is 6.54 Å². The number of non-ortho nitro benzene ring substituents is 1. The van der Waals surface area contributed by atoms with E-state index in [0.717, 1.165) is 5.56 Å². The van der Waals surface area contributed by atoms with E-state index in [1.807, 2.05) is 6.07 Å². The molecule has 0 saturated carbocycles. The van der Waals surface area contributed by atoms with Gasteiger partial charge in [-0.1, -0.05) is 12.1 Å². The normalized spacial score (nSPS) is 9.77. The van der Waals surface area contributed by atoms with E-state index < -0.39 is 9.85 Å². The Hall–Kier alpha value is -3.47. The molecule has 0 unspecified atom stereocenters. The summed E-state index contributed by atoms with van der Waals surface area (Å²) < 4.78 is 0. The van der Waals surface area contributed by atoms with Crippen LogP contribution in [0.5, 0.6) is 0 Å². The Kier molecular flexibility index (Phi) is 4.29. The molecule has 0 aliphatic heterocycles. The number of nitro groups is 2. The maximum absolute atomic E-state index is 11.0. The highest BCUT2D eigenvalue weighted by Gasteiger charge is 2.14. The quantitative estimate of drug-likeness (QED) is 0.668. The number of nitriles is 1. The third-order valence-corrected chi connectivity index (χ3v) is 2.95. The van der Waals surface area contributed by atoms with Gasteiger partial charge in [0, 0.05) is 24.7 Å². The van der Waals surface area contributed by atoms with Crippen LogP contribution in [0.1, 0.15) is 11.1 Å². The molecule has 0 fully saturated rings. The SMILES string of the molecule is N#Cc1ccc(NCc2ccc([N+](=O)[O-])cc2)c([N+](=O)[O-])c1. The van der Waals surface area contributed by atoms with Crippen molar-refractivity contribution in [3.63, 3.8) is 0 Å². The lowest BCUT2D eigenvalue weighted by atomic mass is 10.1. The zero-order valence-corrected chi connectivity index (χ0v) is 11.2. The molecule has 8 nitrogen and oxygen atoms in total. The van der Waals surface area contributed by atoms with Crippen LogP contribution < -0.4 is 5.32 Å². The molecule has 0 radical (unpaired) electrons. The van der Waals surface area contributed by atoms with E-state index >= 15 is 0 Å². The summed E-state index contributed by atoms with van der Waals surface area (Å²) in [5.74, 6) is 0. The van der Waals surface area contributed by atoms with Gasteiger partial charge in [0.1, 0.15) is 5.69 Å². The van der Waals surface area contributed by atoms with E-state index in [-0.39, 0.29) is 29.2 Å². The van der Waals surface area contributed by atoms with E-state index in [0.29, 0.717) is 0 Å². The summed E-state index contributed by atoms with van der Waals surface area (Å²) in [7, 11) is 0. The van der Waals surface area contributed by atoms with Gasteiger partial charge in [0.05, 0.1) is 21.5 Å². The van der Waals surface area contributed by atoms with Gasteiger partial charge in [-0.25, -0.2) is 0 Å². The molecule has 0 heterocycles. The first-order valence-electron chi connectivity index (χ1n) is 6.17. The third-order valence-electron chi connectivity index (χ3n) is 2.95. The summed E-state index contributed by atoms with van der Waals surface area (Å²) in [6.45, 7) is 0.269. The lowest BCUT2D eigenvalue weighted by molar-refractivity contribution is -0.384. The van der Waals surface area contributed by atoms with Crippen LogP contribution in [0.4, 0.5) is 17.1 Å². The van der Waals surface area contributed by atoms with E-state index in [2.05, 4.69) is 5.32 Å². The van der Waals surface area contributed by atoms with Crippen LogP contribution in [0.2, 0.25) is 0 Å². The smallest absolute Gasteiger partial charge is 0.293 e. The molecular weight excluding hydrogens is 288 g/mol. The molecule has 0 saturated heterocycles. The molecule has 0 atom stereocenters. The van der Waals surface area contributed by atoms with Crippen LogP contribution >= 0.6 is 0 Å². The van der Waals surface area contributed by atoms with Crippen LogP contribution in [0.15, 0.2) is 42.5 Å². The van der Waals surface area contributed by atoms with Gasteiger partial charge in [-0.15, -0.1) is 0 Å². The van der Waals surface area contributed by atoms with Gasteiger partial charge >= 0.3 is 0 Å². The fourth-order valence-electron chi connectivity index (χ4n) is 1.83. The number of rotatable bonds is 5. The second-order valence-electron chi connectivity index (χ2n) is 4.38. The Morgan fingerprint density at radius 2 is 1.73 bits per heavy atom. The topological polar surface area (TPSA) is 122 Å². The molecule has 22 heavy (non-hydrogen) atoms. The molecule has 1 N–H and O–H groups in total. The molecule has 0 amide bonds. The molecule has 110 valence electrons. The zero-order chi connectivity index (χ0) is 16.1. The fourth-order valence-corrected chi connectivity index (χ4v) is 1.83. The second kappa shape index (κ2) is 6.32. The number of anilines is 1. The van der Waals surface area contributed by atoms with Crippen molar-refractivity contribution >= 4 is 17.1 Å². The number of nitro benzene ring substituents is 2. The molecule has 0 aromatic heterocycles. The Morgan fingerprint density at radius 1 is 1.05 bits per heavy atom. The summed E-state index contributed by atoms with van der Waals surface area (Å²) >= 11 is 0. The average molecular weight is 298 g/mol. The van der Waals surface area contributed by atoms with E-state index in [9.17, 15) is 20.2 Å². The molecule has 0 spiro atoms. The van der Waals surface area contributed by atoms with E-state index in [4.69, 9.17) is 5.26 Å². The predicted octanol–water partition coefficient (Wildman–Crippen LogP) is 2.99. The first-order chi connectivity index (χ1) is 10.5. The molecule has 0 aliphatic carbocycles. The maximum atomic E-state index is 11.0. The first-order valence-corrected chi connectivity index (χ1v) is 6.17.